The number of carbonyl (C=O) groups is 1. The van der Waals surface area contributed by atoms with Crippen LogP contribution in [0.2, 0.25) is 0 Å². The van der Waals surface area contributed by atoms with Gasteiger partial charge in [-0.05, 0) is 33.6 Å². The second-order valence-electron chi connectivity index (χ2n) is 5.80. The third kappa shape index (κ3) is 6.38. The highest BCUT2D eigenvalue weighted by Gasteiger charge is 2.30. The van der Waals surface area contributed by atoms with Gasteiger partial charge in [-0.2, -0.15) is 8.42 Å². The van der Waals surface area contributed by atoms with Gasteiger partial charge in [0.15, 0.2) is 0 Å². The van der Waals surface area contributed by atoms with E-state index in [1.165, 1.54) is 0 Å². The summed E-state index contributed by atoms with van der Waals surface area (Å²) in [4.78, 5) is 13.7. The van der Waals surface area contributed by atoms with Crippen molar-refractivity contribution < 1.29 is 22.1 Å². The predicted octanol–water partition coefficient (Wildman–Crippen LogP) is 1.92. The largest absolute Gasteiger partial charge is 0.444 e. The van der Waals surface area contributed by atoms with E-state index < -0.39 is 15.7 Å². The van der Waals surface area contributed by atoms with Crippen LogP contribution in [0.1, 0.15) is 33.6 Å². The topological polar surface area (TPSA) is 72.9 Å². The summed E-state index contributed by atoms with van der Waals surface area (Å²) in [6.45, 7) is 6.11. The average Bonchev–Trinajstić information content (AvgIpc) is 2.68. The van der Waals surface area contributed by atoms with E-state index in [-0.39, 0.29) is 18.7 Å². The first-order valence-electron chi connectivity index (χ1n) is 6.59. The lowest BCUT2D eigenvalue weighted by atomic mass is 10.2. The molecule has 0 bridgehead atoms. The molecule has 0 saturated carbocycles. The maximum Gasteiger partial charge on any atom is 0.410 e. The lowest BCUT2D eigenvalue weighted by molar-refractivity contribution is 0.0255. The summed E-state index contributed by atoms with van der Waals surface area (Å²) >= 11 is 0. The fourth-order valence-electron chi connectivity index (χ4n) is 1.92. The monoisotopic (exact) mass is 305 g/mol. The van der Waals surface area contributed by atoms with E-state index in [0.717, 1.165) is 19.1 Å². The molecule has 7 heteroatoms. The quantitative estimate of drug-likeness (QED) is 0.586. The zero-order valence-electron chi connectivity index (χ0n) is 12.5. The maximum absolute atomic E-state index is 12.0. The van der Waals surface area contributed by atoms with Crippen LogP contribution in [0.15, 0.2) is 12.2 Å². The normalized spacial score (nSPS) is 20.6. The van der Waals surface area contributed by atoms with Gasteiger partial charge >= 0.3 is 6.09 Å². The third-order valence-corrected chi connectivity index (χ3v) is 3.23. The molecule has 1 fully saturated rings. The van der Waals surface area contributed by atoms with Crippen molar-refractivity contribution in [2.75, 3.05) is 19.4 Å². The Morgan fingerprint density at radius 2 is 2.05 bits per heavy atom. The predicted molar refractivity (Wildman–Crippen MR) is 75.9 cm³/mol. The Morgan fingerprint density at radius 3 is 2.60 bits per heavy atom. The molecule has 0 spiro atoms. The minimum atomic E-state index is -3.43. The Hall–Kier alpha value is -1.08. The van der Waals surface area contributed by atoms with Gasteiger partial charge in [0.05, 0.1) is 18.9 Å². The molecule has 0 N–H and O–H groups in total. The lowest BCUT2D eigenvalue weighted by Crippen LogP contribution is -2.39. The van der Waals surface area contributed by atoms with Crippen LogP contribution < -0.4 is 0 Å². The van der Waals surface area contributed by atoms with E-state index in [4.69, 9.17) is 4.74 Å². The van der Waals surface area contributed by atoms with Gasteiger partial charge in [0.1, 0.15) is 5.60 Å². The molecule has 0 aliphatic carbocycles. The van der Waals surface area contributed by atoms with Gasteiger partial charge in [-0.3, -0.25) is 4.18 Å². The molecule has 0 aromatic rings. The van der Waals surface area contributed by atoms with Crippen molar-refractivity contribution in [1.82, 2.24) is 4.90 Å². The molecule has 1 aliphatic heterocycles. The number of amides is 1. The molecule has 20 heavy (non-hydrogen) atoms. The molecule has 1 amide bonds. The maximum atomic E-state index is 12.0. The van der Waals surface area contributed by atoms with Crippen LogP contribution in [0.25, 0.3) is 0 Å². The number of hydrogen-bond acceptors (Lipinski definition) is 5. The van der Waals surface area contributed by atoms with Crippen LogP contribution in [-0.2, 0) is 19.0 Å². The number of carbonyl (C=O) groups excluding carboxylic acids is 1. The van der Waals surface area contributed by atoms with Gasteiger partial charge in [0, 0.05) is 6.54 Å². The van der Waals surface area contributed by atoms with Crippen molar-refractivity contribution >= 4 is 16.2 Å². The highest BCUT2D eigenvalue weighted by atomic mass is 32.2. The Morgan fingerprint density at radius 1 is 1.40 bits per heavy atom. The van der Waals surface area contributed by atoms with Crippen LogP contribution in [0.5, 0.6) is 0 Å². The van der Waals surface area contributed by atoms with Gasteiger partial charge in [-0.25, -0.2) is 4.79 Å². The SMILES string of the molecule is CC(C)(C)OC(=O)N1CCC[C@@H]1C=CCOS(C)(=O)=O. The summed E-state index contributed by atoms with van der Waals surface area (Å²) in [5.74, 6) is 0. The molecule has 0 aromatic carbocycles. The number of nitrogens with zero attached hydrogens (tertiary/aromatic N) is 1. The smallest absolute Gasteiger partial charge is 0.410 e. The molecular weight excluding hydrogens is 282 g/mol. The second-order valence-corrected chi connectivity index (χ2v) is 7.44. The van der Waals surface area contributed by atoms with E-state index in [9.17, 15) is 13.2 Å². The standard InChI is InChI=1S/C13H23NO5S/c1-13(2,3)19-12(15)14-9-5-7-11(14)8-6-10-18-20(4,16)17/h6,8,11H,5,7,9-10H2,1-4H3/t11-/m1/s1. The van der Waals surface area contributed by atoms with Crippen LogP contribution in [0, 0.1) is 0 Å². The molecule has 0 aromatic heterocycles. The zero-order chi connectivity index (χ0) is 15.4. The van der Waals surface area contributed by atoms with Crippen LogP contribution in [0.4, 0.5) is 4.79 Å². The fraction of sp³-hybridized carbons (Fsp3) is 0.769. The first kappa shape index (κ1) is 17.0. The first-order valence-corrected chi connectivity index (χ1v) is 8.41. The van der Waals surface area contributed by atoms with Crippen molar-refractivity contribution in [1.29, 1.82) is 0 Å². The van der Waals surface area contributed by atoms with E-state index >= 15 is 0 Å². The van der Waals surface area contributed by atoms with E-state index in [0.29, 0.717) is 6.54 Å². The third-order valence-electron chi connectivity index (χ3n) is 2.66. The van der Waals surface area contributed by atoms with Crippen molar-refractivity contribution in [3.8, 4) is 0 Å². The van der Waals surface area contributed by atoms with Gasteiger partial charge < -0.3 is 9.64 Å². The molecule has 1 saturated heterocycles. The zero-order valence-corrected chi connectivity index (χ0v) is 13.3. The molecule has 1 atom stereocenters. The van der Waals surface area contributed by atoms with Gasteiger partial charge in [-0.1, -0.05) is 12.2 Å². The second kappa shape index (κ2) is 6.58. The first-order chi connectivity index (χ1) is 9.08. The highest BCUT2D eigenvalue weighted by molar-refractivity contribution is 7.85. The van der Waals surface area contributed by atoms with Crippen LogP contribution in [0.3, 0.4) is 0 Å². The molecule has 6 nitrogen and oxygen atoms in total. The summed E-state index contributed by atoms with van der Waals surface area (Å²) in [6.07, 6.45) is 5.82. The van der Waals surface area contributed by atoms with Gasteiger partial charge in [0.25, 0.3) is 10.1 Å². The van der Waals surface area contributed by atoms with Crippen molar-refractivity contribution in [3.05, 3.63) is 12.2 Å². The molecule has 0 radical (unpaired) electrons. The summed E-state index contributed by atoms with van der Waals surface area (Å²) in [5.41, 5.74) is -0.520. The van der Waals surface area contributed by atoms with Crippen molar-refractivity contribution in [3.63, 3.8) is 0 Å². The number of hydrogen-bond donors (Lipinski definition) is 0. The average molecular weight is 305 g/mol. The summed E-state index contributed by atoms with van der Waals surface area (Å²) < 4.78 is 31.6. The number of rotatable bonds is 4. The summed E-state index contributed by atoms with van der Waals surface area (Å²) in [7, 11) is -3.43. The Bertz CT molecular complexity index is 464. The molecule has 116 valence electrons. The number of likely N-dealkylation sites (tertiary alicyclic amines) is 1. The van der Waals surface area contributed by atoms with Crippen molar-refractivity contribution in [2.24, 2.45) is 0 Å². The molecule has 1 heterocycles. The van der Waals surface area contributed by atoms with Gasteiger partial charge in [-0.15, -0.1) is 0 Å². The molecule has 0 unspecified atom stereocenters. The van der Waals surface area contributed by atoms with Crippen LogP contribution in [-0.4, -0.2) is 50.5 Å². The minimum absolute atomic E-state index is 0.0164. The van der Waals surface area contributed by atoms with E-state index in [2.05, 4.69) is 4.18 Å². The highest BCUT2D eigenvalue weighted by Crippen LogP contribution is 2.21. The van der Waals surface area contributed by atoms with E-state index in [1.807, 2.05) is 20.8 Å². The van der Waals surface area contributed by atoms with Gasteiger partial charge in [0.2, 0.25) is 0 Å². The Labute approximate surface area is 120 Å². The Balaban J connectivity index is 2.53. The minimum Gasteiger partial charge on any atom is -0.444 e. The van der Waals surface area contributed by atoms with Crippen molar-refractivity contribution in [2.45, 2.75) is 45.3 Å². The van der Waals surface area contributed by atoms with Crippen LogP contribution >= 0.6 is 0 Å². The lowest BCUT2D eigenvalue weighted by Gasteiger charge is -2.27. The summed E-state index contributed by atoms with van der Waals surface area (Å²) in [5, 5.41) is 0. The summed E-state index contributed by atoms with van der Waals surface area (Å²) in [6, 6.07) is -0.0620. The molecule has 1 aliphatic rings. The number of ether oxygens (including phenoxy) is 1. The Kier molecular flexibility index (Phi) is 5.59. The molecular formula is C13H23NO5S. The van der Waals surface area contributed by atoms with E-state index in [1.54, 1.807) is 17.1 Å². The molecule has 1 rings (SSSR count). The fourth-order valence-corrected chi connectivity index (χ4v) is 2.24.